The number of carbonyl (C=O) groups is 1. The summed E-state index contributed by atoms with van der Waals surface area (Å²) in [6, 6.07) is -0.592. The molecule has 2 atom stereocenters. The average Bonchev–Trinajstić information content (AvgIpc) is 2.24. The lowest BCUT2D eigenvalue weighted by atomic mass is 9.93. The lowest BCUT2D eigenvalue weighted by molar-refractivity contribution is -0.180. The van der Waals surface area contributed by atoms with Gasteiger partial charge >= 0.3 is 6.18 Å². The Balaban J connectivity index is 2.49. The van der Waals surface area contributed by atoms with Gasteiger partial charge in [-0.3, -0.25) is 4.79 Å². The zero-order chi connectivity index (χ0) is 14.8. The van der Waals surface area contributed by atoms with Gasteiger partial charge in [-0.05, 0) is 26.7 Å². The van der Waals surface area contributed by atoms with Crippen LogP contribution in [0.25, 0.3) is 0 Å². The van der Waals surface area contributed by atoms with E-state index in [4.69, 9.17) is 0 Å². The van der Waals surface area contributed by atoms with Crippen LogP contribution >= 0.6 is 0 Å². The van der Waals surface area contributed by atoms with Gasteiger partial charge < -0.3 is 15.3 Å². The van der Waals surface area contributed by atoms with Crippen molar-refractivity contribution in [1.82, 2.24) is 10.2 Å². The molecule has 0 spiro atoms. The molecule has 1 heterocycles. The van der Waals surface area contributed by atoms with Gasteiger partial charge in [0, 0.05) is 20.1 Å². The molecule has 2 N–H and O–H groups in total. The van der Waals surface area contributed by atoms with Gasteiger partial charge in [-0.15, -0.1) is 0 Å². The van der Waals surface area contributed by atoms with Crippen molar-refractivity contribution in [2.24, 2.45) is 5.92 Å². The van der Waals surface area contributed by atoms with Gasteiger partial charge in [-0.25, -0.2) is 0 Å². The van der Waals surface area contributed by atoms with Gasteiger partial charge in [0.2, 0.25) is 5.91 Å². The molecule has 7 heteroatoms. The molecule has 1 aliphatic heterocycles. The van der Waals surface area contributed by atoms with Gasteiger partial charge in [-0.2, -0.15) is 13.2 Å². The molecular formula is C12H21F3N2O2. The van der Waals surface area contributed by atoms with Gasteiger partial charge in [0.15, 0.2) is 0 Å². The molecular weight excluding hydrogens is 261 g/mol. The number of hydrogen-bond acceptors (Lipinski definition) is 3. The minimum Gasteiger partial charge on any atom is -0.389 e. The van der Waals surface area contributed by atoms with Crippen LogP contribution in [0.4, 0.5) is 13.2 Å². The summed E-state index contributed by atoms with van der Waals surface area (Å²) in [6.07, 6.45) is -4.08. The number of hydrogen-bond donors (Lipinski definition) is 2. The van der Waals surface area contributed by atoms with E-state index in [0.29, 0.717) is 0 Å². The third-order valence-electron chi connectivity index (χ3n) is 3.18. The van der Waals surface area contributed by atoms with E-state index < -0.39 is 23.7 Å². The van der Waals surface area contributed by atoms with Gasteiger partial charge in [0.1, 0.15) is 0 Å². The standard InChI is InChI=1S/C12H21F3N2O2/c1-11(2,19)7-17(3)10(18)9-5-4-8(6-16-9)12(13,14)15/h8-9,16,19H,4-7H2,1-3H3. The molecule has 0 aromatic carbocycles. The first-order valence-corrected chi connectivity index (χ1v) is 6.28. The summed E-state index contributed by atoms with van der Waals surface area (Å²) in [5.41, 5.74) is -1.02. The topological polar surface area (TPSA) is 52.6 Å². The SMILES string of the molecule is CN(CC(C)(C)O)C(=O)C1CCC(C(F)(F)F)CN1. The number of halogens is 3. The van der Waals surface area contributed by atoms with E-state index >= 15 is 0 Å². The summed E-state index contributed by atoms with van der Waals surface area (Å²) >= 11 is 0. The van der Waals surface area contributed by atoms with Crippen LogP contribution in [0.3, 0.4) is 0 Å². The van der Waals surface area contributed by atoms with Crippen LogP contribution in [0.2, 0.25) is 0 Å². The number of piperidine rings is 1. The molecule has 1 amide bonds. The normalized spacial score (nSPS) is 25.2. The van der Waals surface area contributed by atoms with Crippen LogP contribution in [-0.4, -0.2) is 53.9 Å². The molecule has 0 aromatic rings. The van der Waals surface area contributed by atoms with Crippen molar-refractivity contribution >= 4 is 5.91 Å². The van der Waals surface area contributed by atoms with E-state index in [9.17, 15) is 23.1 Å². The number of rotatable bonds is 3. The van der Waals surface area contributed by atoms with Crippen molar-refractivity contribution in [3.8, 4) is 0 Å². The summed E-state index contributed by atoms with van der Waals surface area (Å²) < 4.78 is 37.4. The van der Waals surface area contributed by atoms with Crippen molar-refractivity contribution in [1.29, 1.82) is 0 Å². The quantitative estimate of drug-likeness (QED) is 0.816. The summed E-state index contributed by atoms with van der Waals surface area (Å²) in [5, 5.41) is 12.3. The zero-order valence-corrected chi connectivity index (χ0v) is 11.4. The fraction of sp³-hybridized carbons (Fsp3) is 0.917. The van der Waals surface area contributed by atoms with Crippen LogP contribution < -0.4 is 5.32 Å². The van der Waals surface area contributed by atoms with E-state index in [0.717, 1.165) is 0 Å². The molecule has 0 radical (unpaired) electrons. The maximum Gasteiger partial charge on any atom is 0.393 e. The number of carbonyl (C=O) groups excluding carboxylic acids is 1. The first-order valence-electron chi connectivity index (χ1n) is 6.28. The highest BCUT2D eigenvalue weighted by molar-refractivity contribution is 5.81. The predicted octanol–water partition coefficient (Wildman–Crippen LogP) is 1.15. The molecule has 112 valence electrons. The summed E-state index contributed by atoms with van der Waals surface area (Å²) in [6.45, 7) is 3.07. The third kappa shape index (κ3) is 4.99. The Labute approximate surface area is 111 Å². The molecule has 2 unspecified atom stereocenters. The van der Waals surface area contributed by atoms with Crippen molar-refractivity contribution < 1.29 is 23.1 Å². The van der Waals surface area contributed by atoms with Crippen molar-refractivity contribution in [2.45, 2.75) is 44.5 Å². The van der Waals surface area contributed by atoms with E-state index in [1.165, 1.54) is 11.9 Å². The maximum absolute atomic E-state index is 12.5. The number of amides is 1. The van der Waals surface area contributed by atoms with E-state index in [1.54, 1.807) is 13.8 Å². The van der Waals surface area contributed by atoms with Crippen LogP contribution in [0.5, 0.6) is 0 Å². The molecule has 0 aliphatic carbocycles. The molecule has 1 fully saturated rings. The molecule has 4 nitrogen and oxygen atoms in total. The minimum absolute atomic E-state index is 0.0384. The number of nitrogens with zero attached hydrogens (tertiary/aromatic N) is 1. The Kier molecular flexibility index (Phi) is 4.84. The third-order valence-corrected chi connectivity index (χ3v) is 3.18. The van der Waals surface area contributed by atoms with Crippen molar-refractivity contribution in [3.05, 3.63) is 0 Å². The summed E-state index contributed by atoms with van der Waals surface area (Å²) in [7, 11) is 1.54. The molecule has 0 saturated carbocycles. The Morgan fingerprint density at radius 2 is 1.95 bits per heavy atom. The Hall–Kier alpha value is -0.820. The fourth-order valence-corrected chi connectivity index (χ4v) is 2.27. The molecule has 1 saturated heterocycles. The number of likely N-dealkylation sites (N-methyl/N-ethyl adjacent to an activating group) is 1. The second-order valence-electron chi connectivity index (χ2n) is 5.78. The molecule has 0 bridgehead atoms. The first-order chi connectivity index (χ1) is 8.50. The van der Waals surface area contributed by atoms with E-state index in [1.807, 2.05) is 0 Å². The second-order valence-corrected chi connectivity index (χ2v) is 5.78. The average molecular weight is 282 g/mol. The van der Waals surface area contributed by atoms with Gasteiger partial charge in [0.05, 0.1) is 17.6 Å². The monoisotopic (exact) mass is 282 g/mol. The van der Waals surface area contributed by atoms with Crippen molar-refractivity contribution in [3.63, 3.8) is 0 Å². The van der Waals surface area contributed by atoms with E-state index in [2.05, 4.69) is 5.32 Å². The zero-order valence-electron chi connectivity index (χ0n) is 11.4. The predicted molar refractivity (Wildman–Crippen MR) is 64.5 cm³/mol. The van der Waals surface area contributed by atoms with Crippen molar-refractivity contribution in [2.75, 3.05) is 20.1 Å². The maximum atomic E-state index is 12.5. The lowest BCUT2D eigenvalue weighted by Crippen LogP contribution is -2.53. The fourth-order valence-electron chi connectivity index (χ4n) is 2.27. The highest BCUT2D eigenvalue weighted by Gasteiger charge is 2.42. The highest BCUT2D eigenvalue weighted by atomic mass is 19.4. The Bertz CT molecular complexity index is 318. The number of alkyl halides is 3. The van der Waals surface area contributed by atoms with Crippen LogP contribution in [0.1, 0.15) is 26.7 Å². The smallest absolute Gasteiger partial charge is 0.389 e. The van der Waals surface area contributed by atoms with Crippen LogP contribution in [-0.2, 0) is 4.79 Å². The largest absolute Gasteiger partial charge is 0.393 e. The Morgan fingerprint density at radius 3 is 2.32 bits per heavy atom. The molecule has 19 heavy (non-hydrogen) atoms. The van der Waals surface area contributed by atoms with Gasteiger partial charge in [-0.1, -0.05) is 0 Å². The van der Waals surface area contributed by atoms with Crippen LogP contribution in [0, 0.1) is 5.92 Å². The molecule has 1 rings (SSSR count). The molecule has 1 aliphatic rings. The number of nitrogens with one attached hydrogen (secondary N) is 1. The minimum atomic E-state index is -4.21. The summed E-state index contributed by atoms with van der Waals surface area (Å²) in [5.74, 6) is -1.65. The second kappa shape index (κ2) is 5.66. The van der Waals surface area contributed by atoms with Gasteiger partial charge in [0.25, 0.3) is 0 Å². The molecule has 0 aromatic heterocycles. The van der Waals surface area contributed by atoms with Crippen LogP contribution in [0.15, 0.2) is 0 Å². The lowest BCUT2D eigenvalue weighted by Gasteiger charge is -2.34. The first kappa shape index (κ1) is 16.2. The number of aliphatic hydroxyl groups is 1. The van der Waals surface area contributed by atoms with E-state index in [-0.39, 0.29) is 31.8 Å². The Morgan fingerprint density at radius 1 is 1.37 bits per heavy atom. The highest BCUT2D eigenvalue weighted by Crippen LogP contribution is 2.32. The summed E-state index contributed by atoms with van der Waals surface area (Å²) in [4.78, 5) is 13.4.